The minimum atomic E-state index is -0.412. The number of pyridine rings is 1. The lowest BCUT2D eigenvalue weighted by molar-refractivity contribution is -0.384. The fraction of sp³-hybridized carbons (Fsp3) is 0.385. The van der Waals surface area contributed by atoms with E-state index in [-0.39, 0.29) is 11.7 Å². The van der Waals surface area contributed by atoms with Gasteiger partial charge >= 0.3 is 5.69 Å². The van der Waals surface area contributed by atoms with Gasteiger partial charge in [0.25, 0.3) is 0 Å². The summed E-state index contributed by atoms with van der Waals surface area (Å²) in [6.07, 6.45) is 4.23. The number of nitro groups is 1. The van der Waals surface area contributed by atoms with Crippen LogP contribution in [0.15, 0.2) is 16.7 Å². The first-order chi connectivity index (χ1) is 10.0. The Kier molecular flexibility index (Phi) is 3.90. The third-order valence-corrected chi connectivity index (χ3v) is 4.89. The maximum atomic E-state index is 11.1. The molecule has 0 fully saturated rings. The van der Waals surface area contributed by atoms with Crippen molar-refractivity contribution < 1.29 is 4.92 Å². The number of halogens is 1. The standard InChI is InChI=1S/C13H13BrN4O2S/c1-7-16-10-3-2-9(5-12(10)21-7)17-13-11(18(19)20)4-8(14)6-15-13/h4,6,9H,2-3,5H2,1H3,(H,15,17)/t9-/m0/s1. The number of hydrogen-bond acceptors (Lipinski definition) is 6. The second-order valence-electron chi connectivity index (χ2n) is 4.97. The van der Waals surface area contributed by atoms with E-state index in [0.717, 1.165) is 24.3 Å². The first kappa shape index (κ1) is 14.4. The SMILES string of the molecule is Cc1nc2c(s1)C[C@@H](Nc1ncc(Br)cc1[N+](=O)[O-])CC2. The molecule has 3 rings (SSSR count). The lowest BCUT2D eigenvalue weighted by atomic mass is 9.97. The Labute approximate surface area is 133 Å². The summed E-state index contributed by atoms with van der Waals surface area (Å²) >= 11 is 4.92. The normalized spacial score (nSPS) is 17.3. The summed E-state index contributed by atoms with van der Waals surface area (Å²) in [5, 5.41) is 15.4. The van der Waals surface area contributed by atoms with Gasteiger partial charge in [0, 0.05) is 34.1 Å². The number of aryl methyl sites for hydroxylation is 2. The molecule has 2 heterocycles. The van der Waals surface area contributed by atoms with Crippen molar-refractivity contribution in [3.63, 3.8) is 0 Å². The third-order valence-electron chi connectivity index (χ3n) is 3.42. The molecule has 0 spiro atoms. The van der Waals surface area contributed by atoms with Crippen LogP contribution in [0.3, 0.4) is 0 Å². The molecule has 6 nitrogen and oxygen atoms in total. The van der Waals surface area contributed by atoms with Crippen LogP contribution in [0.4, 0.5) is 11.5 Å². The molecule has 21 heavy (non-hydrogen) atoms. The van der Waals surface area contributed by atoms with Gasteiger partial charge in [0.1, 0.15) is 0 Å². The molecule has 0 aliphatic heterocycles. The Morgan fingerprint density at radius 3 is 3.14 bits per heavy atom. The lowest BCUT2D eigenvalue weighted by Gasteiger charge is -2.22. The molecule has 1 aliphatic carbocycles. The molecule has 8 heteroatoms. The molecule has 0 radical (unpaired) electrons. The van der Waals surface area contributed by atoms with Gasteiger partial charge in [0.15, 0.2) is 0 Å². The average molecular weight is 369 g/mol. The molecule has 0 bridgehead atoms. The van der Waals surface area contributed by atoms with Gasteiger partial charge in [-0.15, -0.1) is 11.3 Å². The van der Waals surface area contributed by atoms with E-state index in [1.807, 2.05) is 6.92 Å². The van der Waals surface area contributed by atoms with Crippen molar-refractivity contribution in [2.45, 2.75) is 32.2 Å². The van der Waals surface area contributed by atoms with Crippen molar-refractivity contribution in [1.82, 2.24) is 9.97 Å². The summed E-state index contributed by atoms with van der Waals surface area (Å²) < 4.78 is 0.601. The van der Waals surface area contributed by atoms with Crippen molar-refractivity contribution in [3.8, 4) is 0 Å². The maximum absolute atomic E-state index is 11.1. The predicted molar refractivity (Wildman–Crippen MR) is 84.9 cm³/mol. The molecular formula is C13H13BrN4O2S. The number of anilines is 1. The smallest absolute Gasteiger partial charge is 0.312 e. The summed E-state index contributed by atoms with van der Waals surface area (Å²) in [5.41, 5.74) is 1.17. The van der Waals surface area contributed by atoms with Gasteiger partial charge < -0.3 is 5.32 Å². The van der Waals surface area contributed by atoms with Crippen molar-refractivity contribution in [2.24, 2.45) is 0 Å². The summed E-state index contributed by atoms with van der Waals surface area (Å²) in [5.74, 6) is 0.331. The summed E-state index contributed by atoms with van der Waals surface area (Å²) in [6, 6.07) is 1.63. The van der Waals surface area contributed by atoms with Crippen LogP contribution in [0.5, 0.6) is 0 Å². The number of nitrogens with one attached hydrogen (secondary N) is 1. The van der Waals surface area contributed by atoms with Gasteiger partial charge in [0.2, 0.25) is 5.82 Å². The molecule has 1 aliphatic rings. The molecule has 1 N–H and O–H groups in total. The van der Waals surface area contributed by atoms with Gasteiger partial charge in [-0.3, -0.25) is 10.1 Å². The van der Waals surface area contributed by atoms with Crippen molar-refractivity contribution in [2.75, 3.05) is 5.32 Å². The molecule has 2 aromatic rings. The van der Waals surface area contributed by atoms with E-state index < -0.39 is 4.92 Å². The summed E-state index contributed by atoms with van der Waals surface area (Å²) in [6.45, 7) is 2.01. The monoisotopic (exact) mass is 368 g/mol. The van der Waals surface area contributed by atoms with E-state index in [9.17, 15) is 10.1 Å². The van der Waals surface area contributed by atoms with Crippen molar-refractivity contribution in [3.05, 3.63) is 42.4 Å². The quantitative estimate of drug-likeness (QED) is 0.662. The number of nitrogens with zero attached hydrogens (tertiary/aromatic N) is 3. The number of hydrogen-bond donors (Lipinski definition) is 1. The van der Waals surface area contributed by atoms with Crippen LogP contribution in [0.2, 0.25) is 0 Å². The molecule has 0 unspecified atom stereocenters. The zero-order valence-electron chi connectivity index (χ0n) is 11.3. The lowest BCUT2D eigenvalue weighted by Crippen LogP contribution is -2.27. The summed E-state index contributed by atoms with van der Waals surface area (Å²) in [7, 11) is 0. The van der Waals surface area contributed by atoms with E-state index >= 15 is 0 Å². The minimum absolute atomic E-state index is 0.00402. The van der Waals surface area contributed by atoms with E-state index in [1.54, 1.807) is 17.5 Å². The zero-order chi connectivity index (χ0) is 15.0. The Morgan fingerprint density at radius 1 is 1.57 bits per heavy atom. The highest BCUT2D eigenvalue weighted by atomic mass is 79.9. The highest BCUT2D eigenvalue weighted by Crippen LogP contribution is 2.31. The van der Waals surface area contributed by atoms with Crippen LogP contribution in [-0.4, -0.2) is 20.9 Å². The zero-order valence-corrected chi connectivity index (χ0v) is 13.7. The molecule has 1 atom stereocenters. The highest BCUT2D eigenvalue weighted by molar-refractivity contribution is 9.10. The minimum Gasteiger partial charge on any atom is -0.361 e. The van der Waals surface area contributed by atoms with Crippen LogP contribution in [0, 0.1) is 17.0 Å². The second-order valence-corrected chi connectivity index (χ2v) is 7.17. The molecule has 110 valence electrons. The van der Waals surface area contributed by atoms with E-state index in [4.69, 9.17) is 0 Å². The summed E-state index contributed by atoms with van der Waals surface area (Å²) in [4.78, 5) is 20.6. The fourth-order valence-electron chi connectivity index (χ4n) is 2.50. The Hall–Kier alpha value is -1.54. The molecule has 2 aromatic heterocycles. The first-order valence-electron chi connectivity index (χ1n) is 6.54. The molecule has 0 saturated carbocycles. The van der Waals surface area contributed by atoms with Crippen LogP contribution < -0.4 is 5.32 Å². The van der Waals surface area contributed by atoms with Gasteiger partial charge in [-0.2, -0.15) is 0 Å². The van der Waals surface area contributed by atoms with E-state index in [2.05, 4.69) is 31.2 Å². The molecule has 0 saturated heterocycles. The molecular weight excluding hydrogens is 356 g/mol. The number of thiazole rings is 1. The number of rotatable bonds is 3. The fourth-order valence-corrected chi connectivity index (χ4v) is 3.88. The van der Waals surface area contributed by atoms with Crippen LogP contribution in [0.1, 0.15) is 22.0 Å². The molecule has 0 aromatic carbocycles. The Bertz CT molecular complexity index is 703. The van der Waals surface area contributed by atoms with E-state index in [0.29, 0.717) is 10.3 Å². The first-order valence-corrected chi connectivity index (χ1v) is 8.15. The van der Waals surface area contributed by atoms with Crippen molar-refractivity contribution >= 4 is 38.8 Å². The van der Waals surface area contributed by atoms with Gasteiger partial charge in [-0.1, -0.05) is 0 Å². The van der Waals surface area contributed by atoms with E-state index in [1.165, 1.54) is 16.6 Å². The predicted octanol–water partition coefficient (Wildman–Crippen LogP) is 3.49. The van der Waals surface area contributed by atoms with Crippen LogP contribution >= 0.6 is 27.3 Å². The largest absolute Gasteiger partial charge is 0.361 e. The van der Waals surface area contributed by atoms with Crippen molar-refractivity contribution in [1.29, 1.82) is 0 Å². The topological polar surface area (TPSA) is 81.0 Å². The average Bonchev–Trinajstić information content (AvgIpc) is 2.80. The Balaban J connectivity index is 1.80. The highest BCUT2D eigenvalue weighted by Gasteiger charge is 2.25. The maximum Gasteiger partial charge on any atom is 0.312 e. The van der Waals surface area contributed by atoms with Gasteiger partial charge in [-0.25, -0.2) is 9.97 Å². The third kappa shape index (κ3) is 3.06. The number of aromatic nitrogens is 2. The number of fused-ring (bicyclic) bond motifs is 1. The molecule has 0 amide bonds. The van der Waals surface area contributed by atoms with Crippen LogP contribution in [0.25, 0.3) is 0 Å². The Morgan fingerprint density at radius 2 is 2.38 bits per heavy atom. The van der Waals surface area contributed by atoms with Gasteiger partial charge in [0.05, 0.1) is 15.6 Å². The van der Waals surface area contributed by atoms with Crippen LogP contribution in [-0.2, 0) is 12.8 Å². The second kappa shape index (κ2) is 5.69. The van der Waals surface area contributed by atoms with Gasteiger partial charge in [-0.05, 0) is 35.7 Å².